The number of aliphatic carboxylic acids is 1. The highest BCUT2D eigenvalue weighted by atomic mass is 16.4. The molecular formula is C16H24N2O3. The van der Waals surface area contributed by atoms with E-state index in [2.05, 4.69) is 24.5 Å². The van der Waals surface area contributed by atoms with Crippen molar-refractivity contribution in [2.45, 2.75) is 39.5 Å². The Hall–Kier alpha value is -2.04. The second-order valence-corrected chi connectivity index (χ2v) is 5.47. The largest absolute Gasteiger partial charge is 0.481 e. The fourth-order valence-corrected chi connectivity index (χ4v) is 1.86. The van der Waals surface area contributed by atoms with E-state index in [1.807, 2.05) is 19.1 Å². The molecule has 0 spiro atoms. The summed E-state index contributed by atoms with van der Waals surface area (Å²) in [6, 6.07) is 7.05. The first-order valence-electron chi connectivity index (χ1n) is 7.29. The molecule has 2 unspecified atom stereocenters. The van der Waals surface area contributed by atoms with Crippen molar-refractivity contribution in [3.63, 3.8) is 0 Å². The number of nitrogens with one attached hydrogen (secondary N) is 2. The second-order valence-electron chi connectivity index (χ2n) is 5.47. The molecule has 0 radical (unpaired) electrons. The van der Waals surface area contributed by atoms with Gasteiger partial charge in [-0.3, -0.25) is 4.79 Å². The molecule has 2 amide bonds. The number of carboxylic acids is 1. The van der Waals surface area contributed by atoms with Crippen molar-refractivity contribution in [1.29, 1.82) is 0 Å². The molecule has 0 aliphatic heterocycles. The van der Waals surface area contributed by atoms with Gasteiger partial charge in [0, 0.05) is 12.2 Å². The third-order valence-electron chi connectivity index (χ3n) is 3.53. The van der Waals surface area contributed by atoms with Crippen LogP contribution in [0.3, 0.4) is 0 Å². The zero-order valence-electron chi connectivity index (χ0n) is 12.8. The van der Waals surface area contributed by atoms with Crippen molar-refractivity contribution in [2.24, 2.45) is 5.92 Å². The average molecular weight is 292 g/mol. The highest BCUT2D eigenvalue weighted by Gasteiger charge is 2.10. The van der Waals surface area contributed by atoms with E-state index in [1.165, 1.54) is 0 Å². The van der Waals surface area contributed by atoms with Gasteiger partial charge < -0.3 is 15.7 Å². The molecule has 5 heteroatoms. The summed E-state index contributed by atoms with van der Waals surface area (Å²) in [6.45, 7) is 6.69. The Morgan fingerprint density at radius 1 is 1.19 bits per heavy atom. The van der Waals surface area contributed by atoms with Crippen LogP contribution in [-0.4, -0.2) is 23.7 Å². The van der Waals surface area contributed by atoms with Gasteiger partial charge in [-0.15, -0.1) is 0 Å². The second kappa shape index (κ2) is 8.29. The van der Waals surface area contributed by atoms with Crippen LogP contribution in [0.4, 0.5) is 10.5 Å². The highest BCUT2D eigenvalue weighted by Crippen LogP contribution is 2.20. The molecule has 0 heterocycles. The van der Waals surface area contributed by atoms with Gasteiger partial charge in [0.2, 0.25) is 0 Å². The van der Waals surface area contributed by atoms with Crippen LogP contribution in [0.5, 0.6) is 0 Å². The SMILES string of the molecule is CCC(C)CNC(=O)Nc1ccc(C(C)CC(=O)O)cc1. The Balaban J connectivity index is 2.50. The van der Waals surface area contributed by atoms with Crippen LogP contribution in [0, 0.1) is 5.92 Å². The Morgan fingerprint density at radius 3 is 2.33 bits per heavy atom. The van der Waals surface area contributed by atoms with Gasteiger partial charge in [0.15, 0.2) is 0 Å². The van der Waals surface area contributed by atoms with Crippen LogP contribution in [0.1, 0.15) is 45.1 Å². The van der Waals surface area contributed by atoms with Crippen LogP contribution in [0.2, 0.25) is 0 Å². The van der Waals surface area contributed by atoms with Crippen molar-refractivity contribution < 1.29 is 14.7 Å². The van der Waals surface area contributed by atoms with E-state index in [4.69, 9.17) is 5.11 Å². The molecule has 0 fully saturated rings. The summed E-state index contributed by atoms with van der Waals surface area (Å²) in [4.78, 5) is 22.4. The van der Waals surface area contributed by atoms with E-state index >= 15 is 0 Å². The monoisotopic (exact) mass is 292 g/mol. The van der Waals surface area contributed by atoms with Crippen molar-refractivity contribution in [1.82, 2.24) is 5.32 Å². The van der Waals surface area contributed by atoms with Crippen LogP contribution in [0.15, 0.2) is 24.3 Å². The van der Waals surface area contributed by atoms with Crippen molar-refractivity contribution >= 4 is 17.7 Å². The lowest BCUT2D eigenvalue weighted by Crippen LogP contribution is -2.32. The topological polar surface area (TPSA) is 78.4 Å². The summed E-state index contributed by atoms with van der Waals surface area (Å²) < 4.78 is 0. The van der Waals surface area contributed by atoms with Crippen molar-refractivity contribution in [2.75, 3.05) is 11.9 Å². The van der Waals surface area contributed by atoms with E-state index < -0.39 is 5.97 Å². The number of anilines is 1. The van der Waals surface area contributed by atoms with Crippen LogP contribution >= 0.6 is 0 Å². The van der Waals surface area contributed by atoms with E-state index in [0.717, 1.165) is 12.0 Å². The minimum Gasteiger partial charge on any atom is -0.481 e. The lowest BCUT2D eigenvalue weighted by atomic mass is 9.98. The van der Waals surface area contributed by atoms with E-state index in [0.29, 0.717) is 18.2 Å². The number of urea groups is 1. The molecule has 116 valence electrons. The van der Waals surface area contributed by atoms with Gasteiger partial charge >= 0.3 is 12.0 Å². The fourth-order valence-electron chi connectivity index (χ4n) is 1.86. The molecule has 1 rings (SSSR count). The van der Waals surface area contributed by atoms with Crippen LogP contribution in [0.25, 0.3) is 0 Å². The number of benzene rings is 1. The molecule has 21 heavy (non-hydrogen) atoms. The lowest BCUT2D eigenvalue weighted by Gasteiger charge is -2.13. The first-order chi connectivity index (χ1) is 9.92. The summed E-state index contributed by atoms with van der Waals surface area (Å²) >= 11 is 0. The summed E-state index contributed by atoms with van der Waals surface area (Å²) in [6.07, 6.45) is 1.12. The van der Waals surface area contributed by atoms with Crippen molar-refractivity contribution in [3.8, 4) is 0 Å². The minimum absolute atomic E-state index is 0.0456. The molecule has 5 nitrogen and oxygen atoms in total. The van der Waals surface area contributed by atoms with Gasteiger partial charge in [0.1, 0.15) is 0 Å². The maximum absolute atomic E-state index is 11.7. The van der Waals surface area contributed by atoms with E-state index in [9.17, 15) is 9.59 Å². The number of hydrogen-bond acceptors (Lipinski definition) is 2. The predicted molar refractivity (Wildman–Crippen MR) is 83.6 cm³/mol. The lowest BCUT2D eigenvalue weighted by molar-refractivity contribution is -0.137. The molecule has 0 aliphatic carbocycles. The number of hydrogen-bond donors (Lipinski definition) is 3. The molecule has 3 N–H and O–H groups in total. The fraction of sp³-hybridized carbons (Fsp3) is 0.500. The quantitative estimate of drug-likeness (QED) is 0.720. The molecule has 0 bridgehead atoms. The van der Waals surface area contributed by atoms with Gasteiger partial charge in [0.05, 0.1) is 6.42 Å². The number of rotatable bonds is 7. The minimum atomic E-state index is -0.811. The number of amides is 2. The maximum Gasteiger partial charge on any atom is 0.319 e. The van der Waals surface area contributed by atoms with Crippen LogP contribution in [-0.2, 0) is 4.79 Å². The zero-order chi connectivity index (χ0) is 15.8. The van der Waals surface area contributed by atoms with E-state index in [1.54, 1.807) is 12.1 Å². The zero-order valence-corrected chi connectivity index (χ0v) is 12.8. The average Bonchev–Trinajstić information content (AvgIpc) is 2.44. The molecule has 0 saturated carbocycles. The van der Waals surface area contributed by atoms with Gasteiger partial charge in [-0.1, -0.05) is 39.3 Å². The van der Waals surface area contributed by atoms with Gasteiger partial charge in [-0.25, -0.2) is 4.79 Å². The number of carbonyl (C=O) groups is 2. The highest BCUT2D eigenvalue weighted by molar-refractivity contribution is 5.89. The summed E-state index contributed by atoms with van der Waals surface area (Å²) in [7, 11) is 0. The van der Waals surface area contributed by atoms with Gasteiger partial charge in [-0.05, 0) is 29.5 Å². The smallest absolute Gasteiger partial charge is 0.319 e. The molecule has 0 saturated heterocycles. The normalized spacial score (nSPS) is 13.3. The Morgan fingerprint density at radius 2 is 1.81 bits per heavy atom. The molecule has 2 atom stereocenters. The first-order valence-corrected chi connectivity index (χ1v) is 7.29. The van der Waals surface area contributed by atoms with Crippen molar-refractivity contribution in [3.05, 3.63) is 29.8 Å². The summed E-state index contributed by atoms with van der Waals surface area (Å²) in [5.41, 5.74) is 1.64. The van der Waals surface area contributed by atoms with E-state index in [-0.39, 0.29) is 18.4 Å². The number of carboxylic acid groups (broad SMARTS) is 1. The first kappa shape index (κ1) is 17.0. The Bertz CT molecular complexity index is 471. The van der Waals surface area contributed by atoms with Crippen LogP contribution < -0.4 is 10.6 Å². The standard InChI is InChI=1S/C16H24N2O3/c1-4-11(2)10-17-16(21)18-14-7-5-13(6-8-14)12(3)9-15(19)20/h5-8,11-12H,4,9-10H2,1-3H3,(H,19,20)(H2,17,18,21). The third-order valence-corrected chi connectivity index (χ3v) is 3.53. The molecular weight excluding hydrogens is 268 g/mol. The third kappa shape index (κ3) is 6.29. The van der Waals surface area contributed by atoms with Gasteiger partial charge in [0.25, 0.3) is 0 Å². The summed E-state index contributed by atoms with van der Waals surface area (Å²) in [5, 5.41) is 14.4. The molecule has 0 aliphatic rings. The number of carbonyl (C=O) groups excluding carboxylic acids is 1. The summed E-state index contributed by atoms with van der Waals surface area (Å²) in [5.74, 6) is -0.403. The molecule has 1 aromatic rings. The van der Waals surface area contributed by atoms with Gasteiger partial charge in [-0.2, -0.15) is 0 Å². The Kier molecular flexibility index (Phi) is 6.72. The predicted octanol–water partition coefficient (Wildman–Crippen LogP) is 3.43. The Labute approximate surface area is 125 Å². The molecule has 0 aromatic heterocycles. The molecule has 1 aromatic carbocycles. The maximum atomic E-state index is 11.7.